The number of amides is 2. The maximum Gasteiger partial charge on any atom is 0.261 e. The van der Waals surface area contributed by atoms with Gasteiger partial charge in [-0.3, -0.25) is 9.59 Å². The van der Waals surface area contributed by atoms with E-state index < -0.39 is 6.04 Å². The highest BCUT2D eigenvalue weighted by Gasteiger charge is 2.30. The molecule has 31 heavy (non-hydrogen) atoms. The van der Waals surface area contributed by atoms with Gasteiger partial charge >= 0.3 is 0 Å². The molecule has 0 unspecified atom stereocenters. The molecular formula is C23H27Cl3N2O3. The molecule has 0 saturated heterocycles. The summed E-state index contributed by atoms with van der Waals surface area (Å²) < 4.78 is 5.63. The lowest BCUT2D eigenvalue weighted by atomic mass is 10.1. The van der Waals surface area contributed by atoms with Gasteiger partial charge in [-0.2, -0.15) is 0 Å². The summed E-state index contributed by atoms with van der Waals surface area (Å²) in [7, 11) is 0. The number of ether oxygens (including phenoxy) is 1. The van der Waals surface area contributed by atoms with Gasteiger partial charge in [0.25, 0.3) is 5.91 Å². The first-order chi connectivity index (χ1) is 14.8. The second kappa shape index (κ2) is 12.2. The van der Waals surface area contributed by atoms with Gasteiger partial charge in [0.15, 0.2) is 6.61 Å². The third-order valence-electron chi connectivity index (χ3n) is 4.96. The molecule has 0 aliphatic carbocycles. The topological polar surface area (TPSA) is 58.6 Å². The van der Waals surface area contributed by atoms with Gasteiger partial charge in [-0.05, 0) is 44.0 Å². The minimum absolute atomic E-state index is 0.0122. The first-order valence-electron chi connectivity index (χ1n) is 10.2. The number of para-hydroxylation sites is 1. The predicted octanol–water partition coefficient (Wildman–Crippen LogP) is 5.75. The minimum Gasteiger partial charge on any atom is -0.482 e. The Balaban J connectivity index is 2.30. The molecular weight excluding hydrogens is 459 g/mol. The molecule has 0 aliphatic rings. The van der Waals surface area contributed by atoms with Gasteiger partial charge < -0.3 is 15.0 Å². The van der Waals surface area contributed by atoms with Crippen molar-refractivity contribution in [1.29, 1.82) is 0 Å². The quantitative estimate of drug-likeness (QED) is 0.466. The van der Waals surface area contributed by atoms with Crippen LogP contribution in [0.25, 0.3) is 0 Å². The van der Waals surface area contributed by atoms with Crippen molar-refractivity contribution in [2.24, 2.45) is 0 Å². The highest BCUT2D eigenvalue weighted by molar-refractivity contribution is 6.36. The van der Waals surface area contributed by atoms with E-state index in [0.29, 0.717) is 32.8 Å². The van der Waals surface area contributed by atoms with Crippen LogP contribution in [0.2, 0.25) is 15.1 Å². The second-order valence-corrected chi connectivity index (χ2v) is 8.40. The fourth-order valence-electron chi connectivity index (χ4n) is 3.00. The average molecular weight is 486 g/mol. The number of rotatable bonds is 10. The van der Waals surface area contributed by atoms with Crippen molar-refractivity contribution in [3.63, 3.8) is 0 Å². The van der Waals surface area contributed by atoms with E-state index in [0.717, 1.165) is 6.42 Å². The van der Waals surface area contributed by atoms with Gasteiger partial charge in [0.2, 0.25) is 5.91 Å². The molecule has 0 aromatic heterocycles. The lowest BCUT2D eigenvalue weighted by Crippen LogP contribution is -2.51. The van der Waals surface area contributed by atoms with Crippen LogP contribution in [-0.2, 0) is 16.1 Å². The van der Waals surface area contributed by atoms with Crippen molar-refractivity contribution >= 4 is 46.6 Å². The summed E-state index contributed by atoms with van der Waals surface area (Å²) in [5.41, 5.74) is 0.576. The lowest BCUT2D eigenvalue weighted by molar-refractivity contribution is -0.143. The summed E-state index contributed by atoms with van der Waals surface area (Å²) in [5.74, 6) is -0.210. The number of carbonyl (C=O) groups is 2. The second-order valence-electron chi connectivity index (χ2n) is 7.18. The molecule has 2 rings (SSSR count). The summed E-state index contributed by atoms with van der Waals surface area (Å²) >= 11 is 18.8. The molecule has 2 aromatic carbocycles. The molecule has 0 fully saturated rings. The zero-order valence-corrected chi connectivity index (χ0v) is 20.1. The highest BCUT2D eigenvalue weighted by atomic mass is 35.5. The Kier molecular flexibility index (Phi) is 9.94. The molecule has 5 nitrogen and oxygen atoms in total. The Morgan fingerprint density at radius 1 is 0.968 bits per heavy atom. The van der Waals surface area contributed by atoms with E-state index in [1.165, 1.54) is 4.90 Å². The zero-order valence-electron chi connectivity index (χ0n) is 17.8. The number of nitrogens with zero attached hydrogens (tertiary/aromatic N) is 1. The number of benzene rings is 2. The van der Waals surface area contributed by atoms with Crippen LogP contribution in [0.5, 0.6) is 5.75 Å². The third kappa shape index (κ3) is 7.03. The monoisotopic (exact) mass is 484 g/mol. The Morgan fingerprint density at radius 3 is 2.16 bits per heavy atom. The van der Waals surface area contributed by atoms with E-state index >= 15 is 0 Å². The maximum absolute atomic E-state index is 13.2. The van der Waals surface area contributed by atoms with Crippen molar-refractivity contribution in [2.75, 3.05) is 6.61 Å². The number of halogens is 3. The van der Waals surface area contributed by atoms with Crippen LogP contribution in [0.4, 0.5) is 0 Å². The van der Waals surface area contributed by atoms with E-state index in [1.54, 1.807) is 42.5 Å². The first kappa shape index (κ1) is 25.3. The summed E-state index contributed by atoms with van der Waals surface area (Å²) in [6.45, 7) is 5.55. The van der Waals surface area contributed by atoms with Crippen molar-refractivity contribution < 1.29 is 14.3 Å². The van der Waals surface area contributed by atoms with Gasteiger partial charge in [-0.1, -0.05) is 66.8 Å². The predicted molar refractivity (Wildman–Crippen MR) is 126 cm³/mol. The van der Waals surface area contributed by atoms with Crippen LogP contribution in [0, 0.1) is 0 Å². The molecule has 1 N–H and O–H groups in total. The largest absolute Gasteiger partial charge is 0.482 e. The molecule has 2 atom stereocenters. The van der Waals surface area contributed by atoms with Crippen molar-refractivity contribution in [3.8, 4) is 5.75 Å². The number of nitrogens with one attached hydrogen (secondary N) is 1. The summed E-state index contributed by atoms with van der Waals surface area (Å²) in [5, 5.41) is 4.20. The van der Waals surface area contributed by atoms with Gasteiger partial charge in [-0.15, -0.1) is 0 Å². The van der Waals surface area contributed by atoms with E-state index in [2.05, 4.69) is 5.32 Å². The summed E-state index contributed by atoms with van der Waals surface area (Å²) in [4.78, 5) is 27.6. The number of hydrogen-bond acceptors (Lipinski definition) is 3. The van der Waals surface area contributed by atoms with Crippen LogP contribution in [0.3, 0.4) is 0 Å². The zero-order chi connectivity index (χ0) is 23.0. The molecule has 0 aliphatic heterocycles. The van der Waals surface area contributed by atoms with Crippen LogP contribution < -0.4 is 10.1 Å². The molecule has 0 spiro atoms. The molecule has 2 amide bonds. The van der Waals surface area contributed by atoms with Gasteiger partial charge in [0.05, 0.1) is 5.02 Å². The fourth-order valence-corrected chi connectivity index (χ4v) is 3.71. The molecule has 0 saturated carbocycles. The van der Waals surface area contributed by atoms with E-state index in [1.807, 2.05) is 20.8 Å². The molecule has 2 aromatic rings. The van der Waals surface area contributed by atoms with Crippen LogP contribution in [0.1, 0.15) is 39.2 Å². The third-order valence-corrected chi connectivity index (χ3v) is 5.99. The SMILES string of the molecule is CC[C@@H](C)NC(=O)[C@H](CC)N(Cc1c(Cl)cccc1Cl)C(=O)COc1ccccc1Cl. The van der Waals surface area contributed by atoms with Gasteiger partial charge in [0, 0.05) is 28.2 Å². The Bertz CT molecular complexity index is 887. The number of carbonyl (C=O) groups excluding carboxylic acids is 2. The number of hydrogen-bond donors (Lipinski definition) is 1. The first-order valence-corrected chi connectivity index (χ1v) is 11.3. The van der Waals surface area contributed by atoms with Gasteiger partial charge in [-0.25, -0.2) is 0 Å². The molecule has 0 bridgehead atoms. The smallest absolute Gasteiger partial charge is 0.261 e. The molecule has 168 valence electrons. The Morgan fingerprint density at radius 2 is 1.58 bits per heavy atom. The molecule has 0 radical (unpaired) electrons. The fraction of sp³-hybridized carbons (Fsp3) is 0.391. The normalized spacial score (nSPS) is 12.7. The molecule has 8 heteroatoms. The summed E-state index contributed by atoms with van der Waals surface area (Å²) in [6, 6.07) is 11.3. The van der Waals surface area contributed by atoms with Crippen LogP contribution >= 0.6 is 34.8 Å². The maximum atomic E-state index is 13.2. The van der Waals surface area contributed by atoms with E-state index in [9.17, 15) is 9.59 Å². The summed E-state index contributed by atoms with van der Waals surface area (Å²) in [6.07, 6.45) is 1.20. The van der Waals surface area contributed by atoms with Crippen LogP contribution in [-0.4, -0.2) is 35.4 Å². The van der Waals surface area contributed by atoms with Gasteiger partial charge in [0.1, 0.15) is 11.8 Å². The van der Waals surface area contributed by atoms with Crippen molar-refractivity contribution in [3.05, 3.63) is 63.1 Å². The van der Waals surface area contributed by atoms with E-state index in [-0.39, 0.29) is 31.0 Å². The van der Waals surface area contributed by atoms with Crippen LogP contribution in [0.15, 0.2) is 42.5 Å². The average Bonchev–Trinajstić information content (AvgIpc) is 2.74. The molecule has 0 heterocycles. The lowest BCUT2D eigenvalue weighted by Gasteiger charge is -2.32. The minimum atomic E-state index is -0.705. The Hall–Kier alpha value is -1.95. The van der Waals surface area contributed by atoms with E-state index in [4.69, 9.17) is 39.5 Å². The standard InChI is InChI=1S/C23H27Cl3N2O3/c1-4-15(3)27-23(30)20(5-2)28(13-16-17(24)10-8-11-18(16)25)22(29)14-31-21-12-7-6-9-19(21)26/h6-12,15,20H,4-5,13-14H2,1-3H3,(H,27,30)/t15-,20+/m1/s1. The van der Waals surface area contributed by atoms with Crippen molar-refractivity contribution in [1.82, 2.24) is 10.2 Å². The van der Waals surface area contributed by atoms with Crippen molar-refractivity contribution in [2.45, 2.75) is 52.2 Å². The highest BCUT2D eigenvalue weighted by Crippen LogP contribution is 2.28. The Labute approximate surface area is 198 Å².